The fourth-order valence-electron chi connectivity index (χ4n) is 1.81. The summed E-state index contributed by atoms with van der Waals surface area (Å²) in [5.41, 5.74) is 0.963. The molecule has 0 fully saturated rings. The monoisotopic (exact) mass is 369 g/mol. The summed E-state index contributed by atoms with van der Waals surface area (Å²) in [6, 6.07) is 13.4. The van der Waals surface area contributed by atoms with E-state index in [4.69, 9.17) is 21.1 Å². The fourth-order valence-corrected chi connectivity index (χ4v) is 2.23. The van der Waals surface area contributed by atoms with Crippen LogP contribution >= 0.6 is 27.5 Å². The van der Waals surface area contributed by atoms with E-state index in [-0.39, 0.29) is 0 Å². The maximum absolute atomic E-state index is 6.04. The Bertz CT molecular complexity index is 592. The Balaban J connectivity index is 1.83. The quantitative estimate of drug-likeness (QED) is 0.696. The van der Waals surface area contributed by atoms with E-state index >= 15 is 0 Å². The average molecular weight is 371 g/mol. The maximum Gasteiger partial charge on any atom is 0.161 e. The minimum atomic E-state index is 0.539. The van der Waals surface area contributed by atoms with Gasteiger partial charge in [0.15, 0.2) is 11.5 Å². The van der Waals surface area contributed by atoms with Crippen molar-refractivity contribution < 1.29 is 9.47 Å². The van der Waals surface area contributed by atoms with E-state index in [1.807, 2.05) is 49.4 Å². The van der Waals surface area contributed by atoms with Gasteiger partial charge in [-0.1, -0.05) is 23.7 Å². The zero-order valence-electron chi connectivity index (χ0n) is 11.7. The molecule has 0 spiro atoms. The first-order chi connectivity index (χ1) is 10.2. The van der Waals surface area contributed by atoms with Gasteiger partial charge in [0.2, 0.25) is 0 Å². The summed E-state index contributed by atoms with van der Waals surface area (Å²) < 4.78 is 12.1. The SMILES string of the molecule is CCOc1ccccc1OCCNc1ccc(Br)c(Cl)c1. The molecule has 0 radical (unpaired) electrons. The van der Waals surface area contributed by atoms with E-state index in [0.717, 1.165) is 21.7 Å². The van der Waals surface area contributed by atoms with E-state index in [1.165, 1.54) is 0 Å². The van der Waals surface area contributed by atoms with Crippen molar-refractivity contribution >= 4 is 33.2 Å². The minimum Gasteiger partial charge on any atom is -0.490 e. The van der Waals surface area contributed by atoms with Crippen molar-refractivity contribution in [2.75, 3.05) is 25.1 Å². The molecule has 0 bridgehead atoms. The lowest BCUT2D eigenvalue weighted by molar-refractivity contribution is 0.284. The highest BCUT2D eigenvalue weighted by Gasteiger charge is 2.03. The van der Waals surface area contributed by atoms with Crippen molar-refractivity contribution in [2.24, 2.45) is 0 Å². The molecule has 0 saturated carbocycles. The first kappa shape index (κ1) is 16.0. The highest BCUT2D eigenvalue weighted by Crippen LogP contribution is 2.27. The van der Waals surface area contributed by atoms with Crippen LogP contribution in [0.3, 0.4) is 0 Å². The first-order valence-corrected chi connectivity index (χ1v) is 7.91. The van der Waals surface area contributed by atoms with E-state index in [1.54, 1.807) is 0 Å². The Morgan fingerprint density at radius 1 is 1.10 bits per heavy atom. The summed E-state index contributed by atoms with van der Waals surface area (Å²) in [6.07, 6.45) is 0. The topological polar surface area (TPSA) is 30.5 Å². The number of hydrogen-bond acceptors (Lipinski definition) is 3. The van der Waals surface area contributed by atoms with Gasteiger partial charge in [-0.15, -0.1) is 0 Å². The van der Waals surface area contributed by atoms with Crippen LogP contribution in [0.4, 0.5) is 5.69 Å². The Hall–Kier alpha value is -1.39. The smallest absolute Gasteiger partial charge is 0.161 e. The van der Waals surface area contributed by atoms with Gasteiger partial charge in [0.25, 0.3) is 0 Å². The highest BCUT2D eigenvalue weighted by molar-refractivity contribution is 9.10. The third kappa shape index (κ3) is 4.83. The molecule has 0 unspecified atom stereocenters. The lowest BCUT2D eigenvalue weighted by atomic mass is 10.3. The van der Waals surface area contributed by atoms with Crippen LogP contribution in [0.2, 0.25) is 5.02 Å². The van der Waals surface area contributed by atoms with Crippen LogP contribution < -0.4 is 14.8 Å². The molecule has 112 valence electrons. The van der Waals surface area contributed by atoms with Crippen LogP contribution in [0, 0.1) is 0 Å². The van der Waals surface area contributed by atoms with Gasteiger partial charge >= 0.3 is 0 Å². The van der Waals surface area contributed by atoms with Crippen LogP contribution in [0.15, 0.2) is 46.9 Å². The van der Waals surface area contributed by atoms with Gasteiger partial charge in [-0.3, -0.25) is 0 Å². The summed E-state index contributed by atoms with van der Waals surface area (Å²) in [6.45, 7) is 3.79. The number of hydrogen-bond donors (Lipinski definition) is 1. The minimum absolute atomic E-state index is 0.539. The molecular weight excluding hydrogens is 354 g/mol. The van der Waals surface area contributed by atoms with Gasteiger partial charge in [0, 0.05) is 16.7 Å². The summed E-state index contributed by atoms with van der Waals surface area (Å²) in [4.78, 5) is 0. The Morgan fingerprint density at radius 2 is 1.81 bits per heavy atom. The molecule has 0 aliphatic carbocycles. The van der Waals surface area contributed by atoms with Crippen LogP contribution in [-0.4, -0.2) is 19.8 Å². The van der Waals surface area contributed by atoms with Gasteiger partial charge in [-0.25, -0.2) is 0 Å². The molecule has 0 heterocycles. The second kappa shape index (κ2) is 8.15. The zero-order valence-corrected chi connectivity index (χ0v) is 14.1. The summed E-state index contributed by atoms with van der Waals surface area (Å²) >= 11 is 9.41. The van der Waals surface area contributed by atoms with Gasteiger partial charge in [0.1, 0.15) is 6.61 Å². The molecule has 21 heavy (non-hydrogen) atoms. The van der Waals surface area contributed by atoms with Crippen LogP contribution in [0.1, 0.15) is 6.92 Å². The third-order valence-electron chi connectivity index (χ3n) is 2.76. The first-order valence-electron chi connectivity index (χ1n) is 6.74. The molecule has 5 heteroatoms. The van der Waals surface area contributed by atoms with Crippen molar-refractivity contribution in [1.29, 1.82) is 0 Å². The average Bonchev–Trinajstić information content (AvgIpc) is 2.49. The summed E-state index contributed by atoms with van der Waals surface area (Å²) in [7, 11) is 0. The standard InChI is InChI=1S/C16H17BrClNO2/c1-2-20-15-5-3-4-6-16(15)21-10-9-19-12-7-8-13(17)14(18)11-12/h3-8,11,19H,2,9-10H2,1H3. The predicted octanol–water partition coefficient (Wildman–Crippen LogP) is 4.99. The normalized spacial score (nSPS) is 10.2. The predicted molar refractivity (Wildman–Crippen MR) is 90.7 cm³/mol. The molecule has 2 aromatic carbocycles. The number of benzene rings is 2. The third-order valence-corrected chi connectivity index (χ3v) is 3.99. The molecule has 2 aromatic rings. The molecule has 3 nitrogen and oxygen atoms in total. The number of anilines is 1. The highest BCUT2D eigenvalue weighted by atomic mass is 79.9. The van der Waals surface area contributed by atoms with Crippen molar-refractivity contribution in [3.63, 3.8) is 0 Å². The van der Waals surface area contributed by atoms with Gasteiger partial charge in [-0.05, 0) is 53.2 Å². The molecule has 0 saturated heterocycles. The summed E-state index contributed by atoms with van der Waals surface area (Å²) in [5.74, 6) is 1.53. The van der Waals surface area contributed by atoms with Crippen LogP contribution in [0.5, 0.6) is 11.5 Å². The molecular formula is C16H17BrClNO2. The Kier molecular flexibility index (Phi) is 6.21. The number of para-hydroxylation sites is 2. The van der Waals surface area contributed by atoms with E-state index in [9.17, 15) is 0 Å². The van der Waals surface area contributed by atoms with E-state index in [2.05, 4.69) is 21.2 Å². The molecule has 0 aliphatic rings. The molecule has 0 amide bonds. The number of ether oxygens (including phenoxy) is 2. The molecule has 0 aromatic heterocycles. The van der Waals surface area contributed by atoms with E-state index in [0.29, 0.717) is 24.8 Å². The maximum atomic E-state index is 6.04. The second-order valence-corrected chi connectivity index (χ2v) is 5.55. The van der Waals surface area contributed by atoms with Crippen LogP contribution in [-0.2, 0) is 0 Å². The molecule has 2 rings (SSSR count). The number of halogens is 2. The molecule has 0 atom stereocenters. The van der Waals surface area contributed by atoms with Gasteiger partial charge < -0.3 is 14.8 Å². The Labute approximate surface area is 138 Å². The summed E-state index contributed by atoms with van der Waals surface area (Å²) in [5, 5.41) is 3.95. The van der Waals surface area contributed by atoms with Crippen molar-refractivity contribution in [3.05, 3.63) is 52.0 Å². The van der Waals surface area contributed by atoms with E-state index < -0.39 is 0 Å². The largest absolute Gasteiger partial charge is 0.490 e. The van der Waals surface area contributed by atoms with Crippen molar-refractivity contribution in [2.45, 2.75) is 6.92 Å². The lowest BCUT2D eigenvalue weighted by Gasteiger charge is -2.12. The van der Waals surface area contributed by atoms with Crippen molar-refractivity contribution in [3.8, 4) is 11.5 Å². The molecule has 1 N–H and O–H groups in total. The number of nitrogens with one attached hydrogen (secondary N) is 1. The number of rotatable bonds is 7. The Morgan fingerprint density at radius 3 is 2.48 bits per heavy atom. The van der Waals surface area contributed by atoms with Gasteiger partial charge in [-0.2, -0.15) is 0 Å². The lowest BCUT2D eigenvalue weighted by Crippen LogP contribution is -2.12. The molecule has 0 aliphatic heterocycles. The van der Waals surface area contributed by atoms with Gasteiger partial charge in [0.05, 0.1) is 11.6 Å². The van der Waals surface area contributed by atoms with Crippen LogP contribution in [0.25, 0.3) is 0 Å². The second-order valence-electron chi connectivity index (χ2n) is 4.28. The zero-order chi connectivity index (χ0) is 15.1. The van der Waals surface area contributed by atoms with Crippen molar-refractivity contribution in [1.82, 2.24) is 0 Å². The fraction of sp³-hybridized carbons (Fsp3) is 0.250.